The fourth-order valence-corrected chi connectivity index (χ4v) is 3.88. The third-order valence-corrected chi connectivity index (χ3v) is 5.39. The van der Waals surface area contributed by atoms with Crippen LogP contribution < -0.4 is 11.2 Å². The molecule has 0 radical (unpaired) electrons. The van der Waals surface area contributed by atoms with E-state index in [1.807, 2.05) is 18.2 Å². The molecule has 0 saturated carbocycles. The Balaban J connectivity index is 2.55. The number of rotatable bonds is 2. The van der Waals surface area contributed by atoms with E-state index in [1.165, 1.54) is 5.56 Å². The Morgan fingerprint density at radius 1 is 1.29 bits per heavy atom. The topological polar surface area (TPSA) is 56.0 Å². The molecular weight excluding hydrogens is 280 g/mol. The molecule has 2 N–H and O–H groups in total. The normalized spacial score (nSPS) is 12.1. The van der Waals surface area contributed by atoms with Gasteiger partial charge in [-0.2, -0.15) is 0 Å². The molecule has 0 unspecified atom stereocenters. The molecule has 2 heterocycles. The molecule has 0 fully saturated rings. The molecule has 0 aliphatic rings. The van der Waals surface area contributed by atoms with E-state index < -0.39 is 0 Å². The van der Waals surface area contributed by atoms with Crippen LogP contribution in [0.2, 0.25) is 0 Å². The number of aromatic nitrogens is 1. The lowest BCUT2D eigenvalue weighted by molar-refractivity contribution is 0.511. The molecule has 0 amide bonds. The van der Waals surface area contributed by atoms with Gasteiger partial charge in [0.15, 0.2) is 5.43 Å². The number of hydrogen-bond acceptors (Lipinski definition) is 4. The van der Waals surface area contributed by atoms with Gasteiger partial charge in [-0.1, -0.05) is 26.8 Å². The quantitative estimate of drug-likeness (QED) is 0.573. The summed E-state index contributed by atoms with van der Waals surface area (Å²) in [5, 5.41) is 1.28. The second kappa shape index (κ2) is 4.81. The van der Waals surface area contributed by atoms with Crippen LogP contribution in [-0.2, 0) is 5.41 Å². The molecule has 0 spiro atoms. The first kappa shape index (κ1) is 14.0. The van der Waals surface area contributed by atoms with Crippen LogP contribution >= 0.6 is 11.3 Å². The van der Waals surface area contributed by atoms with Gasteiger partial charge < -0.3 is 5.73 Å². The van der Waals surface area contributed by atoms with E-state index in [4.69, 9.17) is 5.73 Å². The molecule has 0 aliphatic heterocycles. The number of nitrogens with two attached hydrogens (primary N) is 1. The number of nitrogen functional groups attached to an aromatic ring is 1. The maximum atomic E-state index is 12.8. The van der Waals surface area contributed by atoms with Gasteiger partial charge in [0, 0.05) is 16.6 Å². The Morgan fingerprint density at radius 2 is 2.05 bits per heavy atom. The van der Waals surface area contributed by atoms with Crippen LogP contribution in [-0.4, -0.2) is 4.98 Å². The lowest BCUT2D eigenvalue weighted by Crippen LogP contribution is -2.17. The molecule has 0 saturated heterocycles. The summed E-state index contributed by atoms with van der Waals surface area (Å²) in [6.07, 6.45) is 2.72. The van der Waals surface area contributed by atoms with Gasteiger partial charge in [0.2, 0.25) is 0 Å². The van der Waals surface area contributed by atoms with Crippen molar-refractivity contribution in [1.82, 2.24) is 4.98 Å². The highest BCUT2D eigenvalue weighted by molar-refractivity contribution is 7.24. The van der Waals surface area contributed by atoms with Gasteiger partial charge in [-0.25, -0.2) is 4.98 Å². The number of pyridine rings is 1. The minimum Gasteiger partial charge on any atom is -0.398 e. The van der Waals surface area contributed by atoms with Crippen molar-refractivity contribution in [1.29, 1.82) is 0 Å². The van der Waals surface area contributed by atoms with Gasteiger partial charge in [-0.05, 0) is 35.6 Å². The third-order valence-electron chi connectivity index (χ3n) is 4.24. The van der Waals surface area contributed by atoms with Crippen molar-refractivity contribution >= 4 is 37.3 Å². The average molecular weight is 298 g/mol. The molecule has 21 heavy (non-hydrogen) atoms. The van der Waals surface area contributed by atoms with Crippen molar-refractivity contribution in [3.63, 3.8) is 0 Å². The molecule has 4 heteroatoms. The SMILES string of the molecule is CCC(C)(C)c1ccc(N)c2c(=O)c3cccnc3sc12. The molecule has 3 aromatic rings. The zero-order valence-corrected chi connectivity index (χ0v) is 13.3. The first-order chi connectivity index (χ1) is 9.95. The van der Waals surface area contributed by atoms with Crippen molar-refractivity contribution in [2.75, 3.05) is 5.73 Å². The number of fused-ring (bicyclic) bond motifs is 2. The minimum atomic E-state index is -0.0156. The minimum absolute atomic E-state index is 0.00263. The number of anilines is 1. The highest BCUT2D eigenvalue weighted by Crippen LogP contribution is 2.37. The summed E-state index contributed by atoms with van der Waals surface area (Å²) < 4.78 is 0.970. The van der Waals surface area contributed by atoms with Crippen LogP contribution in [0.4, 0.5) is 5.69 Å². The first-order valence-electron chi connectivity index (χ1n) is 7.06. The summed E-state index contributed by atoms with van der Waals surface area (Å²) in [5.41, 5.74) is 7.79. The van der Waals surface area contributed by atoms with Gasteiger partial charge in [-0.15, -0.1) is 11.3 Å². The standard InChI is InChI=1S/C17H18N2OS/c1-4-17(2,3)11-7-8-12(18)13-14(20)10-6-5-9-19-16(10)21-15(11)13/h5-9H,4,18H2,1-3H3. The smallest absolute Gasteiger partial charge is 0.199 e. The lowest BCUT2D eigenvalue weighted by Gasteiger charge is -2.25. The highest BCUT2D eigenvalue weighted by Gasteiger charge is 2.23. The predicted molar refractivity (Wildman–Crippen MR) is 91.1 cm³/mol. The first-order valence-corrected chi connectivity index (χ1v) is 7.88. The molecule has 0 aliphatic carbocycles. The van der Waals surface area contributed by atoms with E-state index >= 15 is 0 Å². The van der Waals surface area contributed by atoms with Crippen molar-refractivity contribution in [2.45, 2.75) is 32.6 Å². The maximum Gasteiger partial charge on any atom is 0.199 e. The monoisotopic (exact) mass is 298 g/mol. The number of hydrogen-bond donors (Lipinski definition) is 1. The molecule has 0 atom stereocenters. The van der Waals surface area contributed by atoms with E-state index in [1.54, 1.807) is 23.6 Å². The zero-order valence-electron chi connectivity index (χ0n) is 12.4. The van der Waals surface area contributed by atoms with Crippen molar-refractivity contribution in [3.05, 3.63) is 46.2 Å². The highest BCUT2D eigenvalue weighted by atomic mass is 32.1. The van der Waals surface area contributed by atoms with Crippen LogP contribution in [0.5, 0.6) is 0 Å². The number of benzene rings is 1. The largest absolute Gasteiger partial charge is 0.398 e. The van der Waals surface area contributed by atoms with Crippen molar-refractivity contribution < 1.29 is 0 Å². The Labute approximate surface area is 127 Å². The van der Waals surface area contributed by atoms with Crippen LogP contribution in [0, 0.1) is 0 Å². The summed E-state index contributed by atoms with van der Waals surface area (Å²) >= 11 is 1.56. The average Bonchev–Trinajstić information content (AvgIpc) is 2.47. The maximum absolute atomic E-state index is 12.8. The molecule has 108 valence electrons. The Morgan fingerprint density at radius 3 is 2.76 bits per heavy atom. The fourth-order valence-electron chi connectivity index (χ4n) is 2.54. The Kier molecular flexibility index (Phi) is 3.21. The van der Waals surface area contributed by atoms with Gasteiger partial charge >= 0.3 is 0 Å². The van der Waals surface area contributed by atoms with E-state index in [0.717, 1.165) is 16.0 Å². The van der Waals surface area contributed by atoms with E-state index in [0.29, 0.717) is 16.5 Å². The predicted octanol–water partition coefficient (Wildman–Crippen LogP) is 4.08. The molecule has 2 aromatic heterocycles. The van der Waals surface area contributed by atoms with Gasteiger partial charge in [0.25, 0.3) is 0 Å². The molecule has 3 nitrogen and oxygen atoms in total. The summed E-state index contributed by atoms with van der Waals surface area (Å²) in [4.78, 5) is 17.9. The summed E-state index contributed by atoms with van der Waals surface area (Å²) in [6, 6.07) is 7.51. The van der Waals surface area contributed by atoms with Crippen molar-refractivity contribution in [3.8, 4) is 0 Å². The van der Waals surface area contributed by atoms with Gasteiger partial charge in [-0.3, -0.25) is 4.79 Å². The van der Waals surface area contributed by atoms with E-state index in [9.17, 15) is 4.79 Å². The van der Waals surface area contributed by atoms with E-state index in [2.05, 4.69) is 25.8 Å². The summed E-state index contributed by atoms with van der Waals surface area (Å²) in [7, 11) is 0. The van der Waals surface area contributed by atoms with E-state index in [-0.39, 0.29) is 10.8 Å². The summed E-state index contributed by atoms with van der Waals surface area (Å²) in [6.45, 7) is 6.54. The third kappa shape index (κ3) is 2.10. The molecule has 3 rings (SSSR count). The zero-order chi connectivity index (χ0) is 15.2. The second-order valence-electron chi connectivity index (χ2n) is 5.93. The van der Waals surface area contributed by atoms with Crippen LogP contribution in [0.3, 0.4) is 0 Å². The van der Waals surface area contributed by atoms with Crippen LogP contribution in [0.15, 0.2) is 35.3 Å². The molecular formula is C17H18N2OS. The molecule has 1 aromatic carbocycles. The van der Waals surface area contributed by atoms with Crippen LogP contribution in [0.1, 0.15) is 32.8 Å². The lowest BCUT2D eigenvalue weighted by atomic mass is 9.81. The number of nitrogens with zero attached hydrogens (tertiary/aromatic N) is 1. The second-order valence-corrected chi connectivity index (χ2v) is 6.93. The van der Waals surface area contributed by atoms with Gasteiger partial charge in [0.1, 0.15) is 4.83 Å². The fraction of sp³-hybridized carbons (Fsp3) is 0.294. The van der Waals surface area contributed by atoms with Gasteiger partial charge in [0.05, 0.1) is 10.8 Å². The Hall–Kier alpha value is -1.94. The van der Waals surface area contributed by atoms with Crippen molar-refractivity contribution in [2.24, 2.45) is 0 Å². The van der Waals surface area contributed by atoms with Crippen LogP contribution in [0.25, 0.3) is 20.3 Å². The summed E-state index contributed by atoms with van der Waals surface area (Å²) in [5.74, 6) is 0. The molecule has 0 bridgehead atoms. The Bertz CT molecular complexity index is 896.